The van der Waals surface area contributed by atoms with Crippen molar-refractivity contribution in [1.29, 1.82) is 0 Å². The topological polar surface area (TPSA) is 177 Å². The molecule has 37 heteroatoms. The molecule has 0 bridgehead atoms. The van der Waals surface area contributed by atoms with E-state index < -0.39 is 149 Å². The summed E-state index contributed by atoms with van der Waals surface area (Å²) in [4.78, 5) is 53.2. The monoisotopic (exact) mass is 1810 g/mol. The number of rotatable bonds is 25. The predicted molar refractivity (Wildman–Crippen MR) is 418 cm³/mol. The summed E-state index contributed by atoms with van der Waals surface area (Å²) < 4.78 is 311. The summed E-state index contributed by atoms with van der Waals surface area (Å²) in [7, 11) is 0. The zero-order valence-corrected chi connectivity index (χ0v) is 66.4. The van der Waals surface area contributed by atoms with Crippen LogP contribution in [-0.2, 0) is 46.6 Å². The van der Waals surface area contributed by atoms with Crippen molar-refractivity contribution < 1.29 is 135 Å². The normalized spacial score (nSPS) is 14.2. The first kappa shape index (κ1) is 95.9. The molecule has 6 N–H and O–H groups in total. The molecule has 10 aromatic rings. The van der Waals surface area contributed by atoms with Gasteiger partial charge in [0.15, 0.2) is 0 Å². The van der Waals surface area contributed by atoms with Gasteiger partial charge in [0.25, 0.3) is 11.8 Å². The van der Waals surface area contributed by atoms with Crippen molar-refractivity contribution in [3.05, 3.63) is 321 Å². The lowest BCUT2D eigenvalue weighted by Gasteiger charge is -2.37. The van der Waals surface area contributed by atoms with Crippen LogP contribution in [0.25, 0.3) is 11.1 Å². The van der Waals surface area contributed by atoms with Gasteiger partial charge < -0.3 is 50.8 Å². The molecule has 0 aliphatic heterocycles. The van der Waals surface area contributed by atoms with Gasteiger partial charge in [0.2, 0.25) is 5.91 Å². The van der Waals surface area contributed by atoms with Crippen LogP contribution in [0.4, 0.5) is 106 Å². The lowest BCUT2D eigenvalue weighted by Crippen LogP contribution is -2.54. The Morgan fingerprint density at radius 1 is 0.373 bits per heavy atom. The van der Waals surface area contributed by atoms with E-state index in [1.165, 1.54) is 24.3 Å². The molecule has 126 heavy (non-hydrogen) atoms. The van der Waals surface area contributed by atoms with E-state index in [0.717, 1.165) is 146 Å². The summed E-state index contributed by atoms with van der Waals surface area (Å²) in [6.45, 7) is -0.589. The number of nitrogens with one attached hydrogen (secondary N) is 6. The molecule has 10 aromatic carbocycles. The highest BCUT2D eigenvalue weighted by Gasteiger charge is 2.46. The molecular weight excluding hydrogens is 1730 g/mol. The van der Waals surface area contributed by atoms with Crippen molar-refractivity contribution in [2.75, 3.05) is 6.54 Å². The minimum absolute atomic E-state index is 0.0334. The van der Waals surface area contributed by atoms with Gasteiger partial charge in [-0.3, -0.25) is 9.59 Å². The number of hydrogen-bond acceptors (Lipinski definition) is 8. The number of carbonyl (C=O) groups is 4. The van der Waals surface area contributed by atoms with Crippen LogP contribution in [0.15, 0.2) is 243 Å². The van der Waals surface area contributed by atoms with Crippen LogP contribution in [0, 0.1) is 11.6 Å². The lowest BCUT2D eigenvalue weighted by atomic mass is 9.77. The standard InChI is InChI=1S/C36H23F10NO3.C27H25ClF4N2O.C26H27F8N3O4/c37-31-17-16-25(18-30(31)34(38,39)40)32(48)47-33(26-8-4-10-28(19-26)49-35(41,42)43,27-9-5-11-29(20-27)50-36(44,45)46)21-22-12-14-24(15-13-22)23-6-2-1-3-7-23;28-24-13-7-6-12-23(24)26(17-18-8-2-1-3-9-18,34-25(35)33-22-10-4-5-11-22)19-14-20(27(30,31)32)16-21(29)15-19;1-23(27,28)15-35-21(38)14-24(37-22(39)36-18-8-2-3-9-18,16-6-4-10-19(12-16)40-25(29,30)31)17-7-5-11-20(13-17)41-26(32,33)34/h1-20H,21H2,(H,47,48);1-3,6-9,12-16,22H,4-5,10-11,17H2,(H2,33,34,35);4-7,10-13,18H,2-3,8-9,14-15H2,1H3,(H,35,38)(H2,36,37,39). The highest BCUT2D eigenvalue weighted by atomic mass is 35.5. The minimum atomic E-state index is -5.20. The summed E-state index contributed by atoms with van der Waals surface area (Å²) in [5.41, 5.74) is -7.23. The Labute approximate surface area is 710 Å². The highest BCUT2D eigenvalue weighted by Crippen LogP contribution is 2.45. The zero-order chi connectivity index (χ0) is 91.9. The minimum Gasteiger partial charge on any atom is -0.406 e. The Balaban J connectivity index is 0.000000201. The van der Waals surface area contributed by atoms with Crippen molar-refractivity contribution >= 4 is 35.5 Å². The van der Waals surface area contributed by atoms with E-state index >= 15 is 0 Å². The van der Waals surface area contributed by atoms with E-state index in [2.05, 4.69) is 45.5 Å². The number of halogens is 23. The van der Waals surface area contributed by atoms with Gasteiger partial charge in [-0.1, -0.05) is 189 Å². The van der Waals surface area contributed by atoms with E-state index in [1.807, 2.05) is 23.5 Å². The fourth-order valence-corrected chi connectivity index (χ4v) is 14.9. The van der Waals surface area contributed by atoms with Crippen LogP contribution in [0.3, 0.4) is 0 Å². The summed E-state index contributed by atoms with van der Waals surface area (Å²) in [6.07, 6.45) is -25.3. The molecule has 6 amide bonds. The Kier molecular flexibility index (Phi) is 30.3. The first-order valence-corrected chi connectivity index (χ1v) is 38.7. The molecular formula is C89H75ClF22N6O8. The first-order valence-electron chi connectivity index (χ1n) is 38.3. The van der Waals surface area contributed by atoms with Crippen molar-refractivity contribution in [3.8, 4) is 34.1 Å². The van der Waals surface area contributed by atoms with Crippen molar-refractivity contribution in [2.24, 2.45) is 0 Å². The van der Waals surface area contributed by atoms with Crippen LogP contribution in [0.1, 0.15) is 131 Å². The molecule has 2 fully saturated rings. The molecule has 14 nitrogen and oxygen atoms in total. The fourth-order valence-electron chi connectivity index (χ4n) is 14.6. The van der Waals surface area contributed by atoms with Crippen LogP contribution < -0.4 is 50.8 Å². The molecule has 0 heterocycles. The smallest absolute Gasteiger partial charge is 0.406 e. The second-order valence-corrected chi connectivity index (χ2v) is 29.9. The summed E-state index contributed by atoms with van der Waals surface area (Å²) in [5.74, 6) is -11.5. The van der Waals surface area contributed by atoms with Crippen molar-refractivity contribution in [3.63, 3.8) is 0 Å². The molecule has 670 valence electrons. The number of hydrogen-bond donors (Lipinski definition) is 6. The van der Waals surface area contributed by atoms with Crippen molar-refractivity contribution in [2.45, 2.75) is 150 Å². The average Bonchev–Trinajstić information content (AvgIpc) is 0.863. The number of urea groups is 2. The maximum Gasteiger partial charge on any atom is 0.573 e. The molecule has 2 aliphatic carbocycles. The van der Waals surface area contributed by atoms with E-state index in [4.69, 9.17) is 11.6 Å². The second-order valence-electron chi connectivity index (χ2n) is 29.5. The molecule has 1 unspecified atom stereocenters. The second kappa shape index (κ2) is 39.9. The molecule has 0 spiro atoms. The van der Waals surface area contributed by atoms with E-state index in [9.17, 15) is 116 Å². The third-order valence-electron chi connectivity index (χ3n) is 20.1. The van der Waals surface area contributed by atoms with E-state index in [0.29, 0.717) is 43.0 Å². The lowest BCUT2D eigenvalue weighted by molar-refractivity contribution is -0.275. The fraction of sp³-hybridized carbons (Fsp3) is 0.281. The Morgan fingerprint density at radius 2 is 0.770 bits per heavy atom. The maximum atomic E-state index is 14.6. The van der Waals surface area contributed by atoms with Crippen LogP contribution in [-0.4, -0.2) is 73.9 Å². The highest BCUT2D eigenvalue weighted by molar-refractivity contribution is 6.31. The van der Waals surface area contributed by atoms with E-state index in [1.54, 1.807) is 91.0 Å². The van der Waals surface area contributed by atoms with Gasteiger partial charge in [-0.05, 0) is 167 Å². The summed E-state index contributed by atoms with van der Waals surface area (Å²) in [6, 6.07) is 49.8. The largest absolute Gasteiger partial charge is 0.573 e. The summed E-state index contributed by atoms with van der Waals surface area (Å²) in [5, 5.41) is 15.8. The molecule has 2 aliphatic rings. The Bertz CT molecular complexity index is 5250. The number of amides is 6. The Hall–Kier alpha value is -12.4. The Morgan fingerprint density at radius 3 is 1.20 bits per heavy atom. The molecule has 12 rings (SSSR count). The number of carbonyl (C=O) groups excluding carboxylic acids is 4. The van der Waals surface area contributed by atoms with Crippen LogP contribution in [0.2, 0.25) is 5.02 Å². The van der Waals surface area contributed by atoms with E-state index in [-0.39, 0.29) is 63.8 Å². The van der Waals surface area contributed by atoms with Crippen LogP contribution in [0.5, 0.6) is 23.0 Å². The molecule has 0 saturated heterocycles. The SMILES string of the molecule is CC(F)(F)CNC(=O)CC(NC(=O)NC1CCCC1)(c1cccc(OC(F)(F)F)c1)c1cccc(OC(F)(F)F)c1.O=C(NC(Cc1ccc(-c2ccccc2)cc1)(c1cccc(OC(F)(F)F)c1)c1cccc(OC(F)(F)F)c1)c1ccc(F)c(C(F)(F)F)c1.O=C(NC1CCCC1)NC(Cc1ccccc1)(c1cc(F)cc(C(F)(F)F)c1)c1ccccc1Cl. The van der Waals surface area contributed by atoms with Crippen LogP contribution >= 0.6 is 11.6 Å². The average molecular weight is 1810 g/mol. The first-order chi connectivity index (χ1) is 59.0. The predicted octanol–water partition coefficient (Wildman–Crippen LogP) is 23.6. The van der Waals surface area contributed by atoms with Gasteiger partial charge >= 0.3 is 49.9 Å². The number of ether oxygens (including phenoxy) is 4. The van der Waals surface area contributed by atoms with Gasteiger partial charge in [-0.15, -0.1) is 52.7 Å². The third kappa shape index (κ3) is 27.3. The maximum absolute atomic E-state index is 14.6. The molecule has 0 aromatic heterocycles. The van der Waals surface area contributed by atoms with Gasteiger partial charge in [0.1, 0.15) is 40.2 Å². The van der Waals surface area contributed by atoms with Gasteiger partial charge in [0, 0.05) is 48.0 Å². The molecule has 1 atom stereocenters. The molecule has 2 saturated carbocycles. The zero-order valence-electron chi connectivity index (χ0n) is 65.7. The number of benzene rings is 10. The van der Waals surface area contributed by atoms with Gasteiger partial charge in [-0.25, -0.2) is 27.2 Å². The van der Waals surface area contributed by atoms with Crippen molar-refractivity contribution in [1.82, 2.24) is 31.9 Å². The summed E-state index contributed by atoms with van der Waals surface area (Å²) >= 11 is 6.56. The number of alkyl halides is 20. The van der Waals surface area contributed by atoms with Gasteiger partial charge in [0.05, 0.1) is 35.2 Å². The third-order valence-corrected chi connectivity index (χ3v) is 20.4. The van der Waals surface area contributed by atoms with Gasteiger partial charge in [-0.2, -0.15) is 26.3 Å². The molecule has 0 radical (unpaired) electrons. The quantitative estimate of drug-likeness (QED) is 0.0306.